The van der Waals surface area contributed by atoms with Crippen molar-refractivity contribution in [2.45, 2.75) is 12.5 Å². The standard InChI is InChI=1S/C12H15ClFNO3S/c13-8-2-1-3-9(14)10(8)11(16)12(6-15)4-5-19(17,18)7-12/h1-3,11,16H,4-7,15H2. The molecule has 1 aliphatic heterocycles. The first-order chi connectivity index (χ1) is 8.81. The van der Waals surface area contributed by atoms with Crippen LogP contribution in [0, 0.1) is 11.2 Å². The second-order valence-electron chi connectivity index (χ2n) is 4.95. The summed E-state index contributed by atoms with van der Waals surface area (Å²) in [4.78, 5) is 0. The van der Waals surface area contributed by atoms with Gasteiger partial charge in [0, 0.05) is 22.5 Å². The van der Waals surface area contributed by atoms with Gasteiger partial charge in [-0.25, -0.2) is 12.8 Å². The molecule has 2 unspecified atom stereocenters. The van der Waals surface area contributed by atoms with Gasteiger partial charge in [-0.2, -0.15) is 0 Å². The number of sulfone groups is 1. The summed E-state index contributed by atoms with van der Waals surface area (Å²) in [6.45, 7) is -0.0436. The molecule has 1 fully saturated rings. The second-order valence-corrected chi connectivity index (χ2v) is 7.54. The first kappa shape index (κ1) is 14.7. The van der Waals surface area contributed by atoms with Gasteiger partial charge < -0.3 is 10.8 Å². The Labute approximate surface area is 116 Å². The number of nitrogens with two attached hydrogens (primary N) is 1. The molecule has 0 aromatic heterocycles. The lowest BCUT2D eigenvalue weighted by Crippen LogP contribution is -2.38. The molecule has 7 heteroatoms. The fourth-order valence-electron chi connectivity index (χ4n) is 2.51. The van der Waals surface area contributed by atoms with Crippen LogP contribution in [0.25, 0.3) is 0 Å². The van der Waals surface area contributed by atoms with Crippen LogP contribution in [-0.4, -0.2) is 31.6 Å². The van der Waals surface area contributed by atoms with Crippen LogP contribution < -0.4 is 5.73 Å². The topological polar surface area (TPSA) is 80.4 Å². The lowest BCUT2D eigenvalue weighted by Gasteiger charge is -2.32. The number of halogens is 2. The lowest BCUT2D eigenvalue weighted by atomic mass is 9.78. The molecule has 19 heavy (non-hydrogen) atoms. The summed E-state index contributed by atoms with van der Waals surface area (Å²) in [5.41, 5.74) is 4.50. The summed E-state index contributed by atoms with van der Waals surface area (Å²) in [6.07, 6.45) is -1.12. The highest BCUT2D eigenvalue weighted by Gasteiger charge is 2.48. The van der Waals surface area contributed by atoms with E-state index < -0.39 is 27.2 Å². The number of hydrogen-bond acceptors (Lipinski definition) is 4. The van der Waals surface area contributed by atoms with E-state index in [2.05, 4.69) is 0 Å². The largest absolute Gasteiger partial charge is 0.388 e. The molecule has 1 aromatic rings. The molecule has 0 radical (unpaired) electrons. The highest BCUT2D eigenvalue weighted by atomic mass is 35.5. The first-order valence-corrected chi connectivity index (χ1v) is 8.04. The van der Waals surface area contributed by atoms with Crippen molar-refractivity contribution < 1.29 is 17.9 Å². The van der Waals surface area contributed by atoms with Crippen LogP contribution in [0.1, 0.15) is 18.1 Å². The van der Waals surface area contributed by atoms with Gasteiger partial charge in [0.05, 0.1) is 17.6 Å². The molecule has 0 saturated carbocycles. The zero-order valence-electron chi connectivity index (χ0n) is 10.1. The SMILES string of the molecule is NCC1(C(O)c2c(F)cccc2Cl)CCS(=O)(=O)C1. The van der Waals surface area contributed by atoms with Crippen molar-refractivity contribution in [1.29, 1.82) is 0 Å². The summed E-state index contributed by atoms with van der Waals surface area (Å²) in [5.74, 6) is -0.951. The molecule has 2 rings (SSSR count). The fraction of sp³-hybridized carbons (Fsp3) is 0.500. The Morgan fingerprint density at radius 3 is 2.68 bits per heavy atom. The minimum atomic E-state index is -3.25. The van der Waals surface area contributed by atoms with E-state index in [1.54, 1.807) is 0 Å². The molecule has 1 aliphatic rings. The Hall–Kier alpha value is -0.690. The van der Waals surface area contributed by atoms with Crippen molar-refractivity contribution in [2.75, 3.05) is 18.1 Å². The van der Waals surface area contributed by atoms with Crippen molar-refractivity contribution in [3.05, 3.63) is 34.6 Å². The van der Waals surface area contributed by atoms with Gasteiger partial charge in [0.2, 0.25) is 0 Å². The minimum absolute atomic E-state index is 0.0436. The maximum absolute atomic E-state index is 13.8. The second kappa shape index (κ2) is 5.01. The van der Waals surface area contributed by atoms with Gasteiger partial charge in [0.1, 0.15) is 5.82 Å². The highest BCUT2D eigenvalue weighted by molar-refractivity contribution is 7.91. The number of benzene rings is 1. The van der Waals surface area contributed by atoms with Crippen LogP contribution in [0.5, 0.6) is 0 Å². The van der Waals surface area contributed by atoms with Gasteiger partial charge in [0.25, 0.3) is 0 Å². The van der Waals surface area contributed by atoms with E-state index in [1.807, 2.05) is 0 Å². The molecule has 0 bridgehead atoms. The molecular weight excluding hydrogens is 293 g/mol. The molecule has 0 spiro atoms. The van der Waals surface area contributed by atoms with E-state index >= 15 is 0 Å². The van der Waals surface area contributed by atoms with Crippen molar-refractivity contribution in [3.8, 4) is 0 Å². The molecule has 0 aliphatic carbocycles. The Bertz CT molecular complexity index is 572. The molecular formula is C12H15ClFNO3S. The fourth-order valence-corrected chi connectivity index (χ4v) is 4.93. The van der Waals surface area contributed by atoms with Crippen molar-refractivity contribution in [2.24, 2.45) is 11.1 Å². The van der Waals surface area contributed by atoms with Crippen LogP contribution in [-0.2, 0) is 9.84 Å². The molecule has 1 heterocycles. The third kappa shape index (κ3) is 2.63. The first-order valence-electron chi connectivity index (χ1n) is 5.84. The zero-order chi connectivity index (χ0) is 14.3. The van der Waals surface area contributed by atoms with E-state index in [1.165, 1.54) is 18.2 Å². The molecule has 1 saturated heterocycles. The van der Waals surface area contributed by atoms with Crippen LogP contribution >= 0.6 is 11.6 Å². The lowest BCUT2D eigenvalue weighted by molar-refractivity contribution is 0.0443. The van der Waals surface area contributed by atoms with Crippen LogP contribution in [0.15, 0.2) is 18.2 Å². The molecule has 4 nitrogen and oxygen atoms in total. The van der Waals surface area contributed by atoms with Gasteiger partial charge in [-0.1, -0.05) is 17.7 Å². The van der Waals surface area contributed by atoms with Crippen LogP contribution in [0.2, 0.25) is 5.02 Å². The van der Waals surface area contributed by atoms with Crippen LogP contribution in [0.3, 0.4) is 0 Å². The Balaban J connectivity index is 2.45. The zero-order valence-corrected chi connectivity index (χ0v) is 11.7. The predicted octanol–water partition coefficient (Wildman–Crippen LogP) is 1.28. The molecule has 0 amide bonds. The Morgan fingerprint density at radius 2 is 2.21 bits per heavy atom. The van der Waals surface area contributed by atoms with E-state index in [-0.39, 0.29) is 35.1 Å². The number of rotatable bonds is 3. The van der Waals surface area contributed by atoms with E-state index in [0.29, 0.717) is 0 Å². The summed E-state index contributed by atoms with van der Waals surface area (Å²) in [6, 6.07) is 4.06. The summed E-state index contributed by atoms with van der Waals surface area (Å²) in [5, 5.41) is 10.5. The Morgan fingerprint density at radius 1 is 1.53 bits per heavy atom. The average molecular weight is 308 g/mol. The quantitative estimate of drug-likeness (QED) is 0.881. The smallest absolute Gasteiger partial charge is 0.151 e. The van der Waals surface area contributed by atoms with Crippen molar-refractivity contribution in [1.82, 2.24) is 0 Å². The number of aliphatic hydroxyl groups is 1. The summed E-state index contributed by atoms with van der Waals surface area (Å²) >= 11 is 5.90. The molecule has 106 valence electrons. The van der Waals surface area contributed by atoms with Crippen molar-refractivity contribution in [3.63, 3.8) is 0 Å². The average Bonchev–Trinajstić information content (AvgIpc) is 2.66. The summed E-state index contributed by atoms with van der Waals surface area (Å²) in [7, 11) is -3.25. The van der Waals surface area contributed by atoms with Gasteiger partial charge >= 0.3 is 0 Å². The third-order valence-corrected chi connectivity index (χ3v) is 5.85. The maximum atomic E-state index is 13.8. The molecule has 2 atom stereocenters. The van der Waals surface area contributed by atoms with Gasteiger partial charge in [-0.05, 0) is 18.6 Å². The Kier molecular flexibility index (Phi) is 3.88. The monoisotopic (exact) mass is 307 g/mol. The third-order valence-electron chi connectivity index (χ3n) is 3.68. The maximum Gasteiger partial charge on any atom is 0.151 e. The predicted molar refractivity (Wildman–Crippen MR) is 71.1 cm³/mol. The van der Waals surface area contributed by atoms with E-state index in [0.717, 1.165) is 0 Å². The normalized spacial score (nSPS) is 27.4. The van der Waals surface area contributed by atoms with Gasteiger partial charge in [-0.3, -0.25) is 0 Å². The van der Waals surface area contributed by atoms with E-state index in [9.17, 15) is 17.9 Å². The number of hydrogen-bond donors (Lipinski definition) is 2. The molecule has 3 N–H and O–H groups in total. The van der Waals surface area contributed by atoms with Gasteiger partial charge in [-0.15, -0.1) is 0 Å². The number of aliphatic hydroxyl groups excluding tert-OH is 1. The minimum Gasteiger partial charge on any atom is -0.388 e. The van der Waals surface area contributed by atoms with Crippen molar-refractivity contribution >= 4 is 21.4 Å². The van der Waals surface area contributed by atoms with Gasteiger partial charge in [0.15, 0.2) is 9.84 Å². The van der Waals surface area contributed by atoms with E-state index in [4.69, 9.17) is 17.3 Å². The highest BCUT2D eigenvalue weighted by Crippen LogP contribution is 2.44. The summed E-state index contributed by atoms with van der Waals surface area (Å²) < 4.78 is 37.1. The molecule has 1 aromatic carbocycles. The van der Waals surface area contributed by atoms with Crippen LogP contribution in [0.4, 0.5) is 4.39 Å².